The van der Waals surface area contributed by atoms with Crippen LogP contribution in [0.1, 0.15) is 27.0 Å². The van der Waals surface area contributed by atoms with Crippen LogP contribution in [0.25, 0.3) is 0 Å². The molecular formula is C14H14BrNO2S. The molecule has 0 bridgehead atoms. The number of hydrogen-bond acceptors (Lipinski definition) is 3. The fourth-order valence-electron chi connectivity index (χ4n) is 1.68. The van der Waals surface area contributed by atoms with E-state index in [-0.39, 0.29) is 5.56 Å². The quantitative estimate of drug-likeness (QED) is 0.849. The Labute approximate surface area is 124 Å². The Morgan fingerprint density at radius 2 is 2.05 bits per heavy atom. The summed E-state index contributed by atoms with van der Waals surface area (Å²) in [5, 5.41) is 12.2. The van der Waals surface area contributed by atoms with Crippen molar-refractivity contribution in [2.45, 2.75) is 19.9 Å². The first-order valence-electron chi connectivity index (χ1n) is 5.94. The van der Waals surface area contributed by atoms with Gasteiger partial charge in [-0.05, 0) is 52.7 Å². The SMILES string of the molecule is CCc1ccc(CNc2ccc(C(=O)O)cc2Br)s1. The van der Waals surface area contributed by atoms with Gasteiger partial charge < -0.3 is 10.4 Å². The van der Waals surface area contributed by atoms with E-state index in [1.165, 1.54) is 9.75 Å². The Bertz CT molecular complexity index is 595. The number of halogens is 1. The van der Waals surface area contributed by atoms with Crippen molar-refractivity contribution in [2.75, 3.05) is 5.32 Å². The van der Waals surface area contributed by atoms with Gasteiger partial charge in [-0.15, -0.1) is 11.3 Å². The third-order valence-electron chi connectivity index (χ3n) is 2.73. The Kier molecular flexibility index (Phi) is 4.61. The van der Waals surface area contributed by atoms with Gasteiger partial charge in [-0.3, -0.25) is 0 Å². The fourth-order valence-corrected chi connectivity index (χ4v) is 3.10. The zero-order valence-corrected chi connectivity index (χ0v) is 12.8. The molecule has 0 amide bonds. The van der Waals surface area contributed by atoms with Gasteiger partial charge in [0.05, 0.1) is 5.56 Å². The molecule has 0 saturated carbocycles. The number of aromatic carboxylic acids is 1. The molecule has 100 valence electrons. The number of rotatable bonds is 5. The average Bonchev–Trinajstić information content (AvgIpc) is 2.85. The highest BCUT2D eigenvalue weighted by atomic mass is 79.9. The second kappa shape index (κ2) is 6.21. The Morgan fingerprint density at radius 3 is 2.63 bits per heavy atom. The van der Waals surface area contributed by atoms with Crippen LogP contribution >= 0.6 is 27.3 Å². The number of anilines is 1. The summed E-state index contributed by atoms with van der Waals surface area (Å²) in [7, 11) is 0. The monoisotopic (exact) mass is 339 g/mol. The molecule has 2 aromatic rings. The third kappa shape index (κ3) is 3.58. The van der Waals surface area contributed by atoms with Crippen molar-refractivity contribution < 1.29 is 9.90 Å². The lowest BCUT2D eigenvalue weighted by atomic mass is 10.2. The van der Waals surface area contributed by atoms with Crippen molar-refractivity contribution in [1.82, 2.24) is 0 Å². The van der Waals surface area contributed by atoms with Crippen LogP contribution in [0.15, 0.2) is 34.8 Å². The summed E-state index contributed by atoms with van der Waals surface area (Å²) < 4.78 is 0.764. The van der Waals surface area contributed by atoms with E-state index in [9.17, 15) is 4.79 Å². The standard InChI is InChI=1S/C14H14BrNO2S/c1-2-10-4-5-11(19-10)8-16-13-6-3-9(14(17)18)7-12(13)15/h3-7,16H,2,8H2,1H3,(H,17,18). The van der Waals surface area contributed by atoms with Crippen molar-refractivity contribution in [3.63, 3.8) is 0 Å². The van der Waals surface area contributed by atoms with E-state index >= 15 is 0 Å². The molecule has 19 heavy (non-hydrogen) atoms. The molecule has 0 fully saturated rings. The van der Waals surface area contributed by atoms with E-state index in [0.29, 0.717) is 0 Å². The lowest BCUT2D eigenvalue weighted by Gasteiger charge is -2.08. The summed E-state index contributed by atoms with van der Waals surface area (Å²) in [4.78, 5) is 13.5. The first-order chi connectivity index (χ1) is 9.10. The minimum atomic E-state index is -0.918. The van der Waals surface area contributed by atoms with Crippen molar-refractivity contribution in [3.8, 4) is 0 Å². The molecule has 5 heteroatoms. The molecule has 2 N–H and O–H groups in total. The fraction of sp³-hybridized carbons (Fsp3) is 0.214. The maximum absolute atomic E-state index is 10.8. The molecule has 0 aliphatic carbocycles. The van der Waals surface area contributed by atoms with E-state index in [1.807, 2.05) is 0 Å². The molecule has 0 unspecified atom stereocenters. The summed E-state index contributed by atoms with van der Waals surface area (Å²) >= 11 is 5.18. The minimum absolute atomic E-state index is 0.279. The summed E-state index contributed by atoms with van der Waals surface area (Å²) in [6.07, 6.45) is 1.06. The lowest BCUT2D eigenvalue weighted by Crippen LogP contribution is -2.01. The van der Waals surface area contributed by atoms with Crippen LogP contribution in [0.4, 0.5) is 5.69 Å². The summed E-state index contributed by atoms with van der Waals surface area (Å²) in [6.45, 7) is 2.89. The van der Waals surface area contributed by atoms with Gasteiger partial charge in [-0.1, -0.05) is 6.92 Å². The molecule has 3 nitrogen and oxygen atoms in total. The van der Waals surface area contributed by atoms with Crippen molar-refractivity contribution in [2.24, 2.45) is 0 Å². The van der Waals surface area contributed by atoms with E-state index in [1.54, 1.807) is 29.5 Å². The first kappa shape index (κ1) is 14.1. The number of benzene rings is 1. The zero-order valence-electron chi connectivity index (χ0n) is 10.4. The van der Waals surface area contributed by atoms with E-state index in [0.717, 1.165) is 23.1 Å². The van der Waals surface area contributed by atoms with Crippen LogP contribution in [-0.4, -0.2) is 11.1 Å². The maximum Gasteiger partial charge on any atom is 0.335 e. The second-order valence-corrected chi connectivity index (χ2v) is 6.18. The molecule has 0 aliphatic rings. The van der Waals surface area contributed by atoms with Crippen LogP contribution in [0, 0.1) is 0 Å². The largest absolute Gasteiger partial charge is 0.478 e. The highest BCUT2D eigenvalue weighted by Crippen LogP contribution is 2.25. The van der Waals surface area contributed by atoms with Crippen molar-refractivity contribution in [1.29, 1.82) is 0 Å². The summed E-state index contributed by atoms with van der Waals surface area (Å²) in [5.74, 6) is -0.918. The van der Waals surface area contributed by atoms with Gasteiger partial charge in [0.25, 0.3) is 0 Å². The number of aryl methyl sites for hydroxylation is 1. The van der Waals surface area contributed by atoms with Gasteiger partial charge in [-0.2, -0.15) is 0 Å². The first-order valence-corrected chi connectivity index (χ1v) is 7.55. The second-order valence-electron chi connectivity index (χ2n) is 4.07. The molecule has 1 aromatic carbocycles. The number of carboxylic acids is 1. The van der Waals surface area contributed by atoms with E-state index in [4.69, 9.17) is 5.11 Å². The number of carbonyl (C=O) groups is 1. The number of hydrogen-bond donors (Lipinski definition) is 2. The van der Waals surface area contributed by atoms with Gasteiger partial charge in [0.2, 0.25) is 0 Å². The van der Waals surface area contributed by atoms with Crippen molar-refractivity contribution >= 4 is 38.9 Å². The van der Waals surface area contributed by atoms with Crippen LogP contribution in [0.5, 0.6) is 0 Å². The Balaban J connectivity index is 2.05. The molecular weight excluding hydrogens is 326 g/mol. The number of carboxylic acid groups (broad SMARTS) is 1. The summed E-state index contributed by atoms with van der Waals surface area (Å²) in [5.41, 5.74) is 1.18. The van der Waals surface area contributed by atoms with Crippen LogP contribution in [-0.2, 0) is 13.0 Å². The number of nitrogens with one attached hydrogen (secondary N) is 1. The summed E-state index contributed by atoms with van der Waals surface area (Å²) in [6, 6.07) is 9.25. The van der Waals surface area contributed by atoms with Gasteiger partial charge in [0.15, 0.2) is 0 Å². The van der Waals surface area contributed by atoms with Gasteiger partial charge >= 0.3 is 5.97 Å². The molecule has 0 atom stereocenters. The molecule has 0 spiro atoms. The Hall–Kier alpha value is -1.33. The van der Waals surface area contributed by atoms with Crippen molar-refractivity contribution in [3.05, 3.63) is 50.1 Å². The molecule has 1 aromatic heterocycles. The van der Waals surface area contributed by atoms with E-state index < -0.39 is 5.97 Å². The molecule has 0 radical (unpaired) electrons. The highest BCUT2D eigenvalue weighted by Gasteiger charge is 2.07. The van der Waals surface area contributed by atoms with Crippen LogP contribution < -0.4 is 5.32 Å². The smallest absolute Gasteiger partial charge is 0.335 e. The normalized spacial score (nSPS) is 10.4. The van der Waals surface area contributed by atoms with Gasteiger partial charge in [-0.25, -0.2) is 4.79 Å². The van der Waals surface area contributed by atoms with Crippen LogP contribution in [0.3, 0.4) is 0 Å². The van der Waals surface area contributed by atoms with Gasteiger partial charge in [0, 0.05) is 26.5 Å². The van der Waals surface area contributed by atoms with E-state index in [2.05, 4.69) is 40.3 Å². The minimum Gasteiger partial charge on any atom is -0.478 e. The molecule has 1 heterocycles. The van der Waals surface area contributed by atoms with Gasteiger partial charge in [0.1, 0.15) is 0 Å². The van der Waals surface area contributed by atoms with Crippen LogP contribution in [0.2, 0.25) is 0 Å². The average molecular weight is 340 g/mol. The molecule has 0 saturated heterocycles. The lowest BCUT2D eigenvalue weighted by molar-refractivity contribution is 0.0697. The topological polar surface area (TPSA) is 49.3 Å². The third-order valence-corrected chi connectivity index (χ3v) is 4.62. The number of thiophene rings is 1. The molecule has 2 rings (SSSR count). The predicted octanol–water partition coefficient (Wildman–Crippen LogP) is 4.38. The Morgan fingerprint density at radius 1 is 1.32 bits per heavy atom. The predicted molar refractivity (Wildman–Crippen MR) is 82.1 cm³/mol. The zero-order chi connectivity index (χ0) is 13.8. The maximum atomic E-state index is 10.8. The molecule has 0 aliphatic heterocycles. The highest BCUT2D eigenvalue weighted by molar-refractivity contribution is 9.10.